The van der Waals surface area contributed by atoms with Gasteiger partial charge in [0.15, 0.2) is 0 Å². The fourth-order valence-corrected chi connectivity index (χ4v) is 2.38. The van der Waals surface area contributed by atoms with Gasteiger partial charge in [-0.05, 0) is 48.7 Å². The van der Waals surface area contributed by atoms with Gasteiger partial charge in [-0.2, -0.15) is 0 Å². The Morgan fingerprint density at radius 2 is 1.86 bits per heavy atom. The molecule has 2 rings (SSSR count). The number of amides is 1. The van der Waals surface area contributed by atoms with E-state index in [0.717, 1.165) is 6.42 Å². The van der Waals surface area contributed by atoms with Gasteiger partial charge in [0.05, 0.1) is 5.69 Å². The molecular weight excluding hydrogens is 298 g/mol. The Hall–Kier alpha value is -2.00. The molecule has 0 fully saturated rings. The zero-order valence-electron chi connectivity index (χ0n) is 12.6. The topological polar surface area (TPSA) is 49.3 Å². The Morgan fingerprint density at radius 1 is 1.14 bits per heavy atom. The number of phenols is 1. The van der Waals surface area contributed by atoms with Crippen LogP contribution < -0.4 is 5.32 Å². The van der Waals surface area contributed by atoms with Gasteiger partial charge < -0.3 is 10.4 Å². The van der Waals surface area contributed by atoms with E-state index in [1.54, 1.807) is 18.2 Å². The molecule has 22 heavy (non-hydrogen) atoms. The van der Waals surface area contributed by atoms with Gasteiger partial charge in [0.25, 0.3) is 5.91 Å². The number of phenolic OH excluding ortho intramolecular Hbond substituents is 1. The summed E-state index contributed by atoms with van der Waals surface area (Å²) in [6, 6.07) is 12.1. The van der Waals surface area contributed by atoms with Crippen molar-refractivity contribution in [3.05, 3.63) is 58.6 Å². The zero-order chi connectivity index (χ0) is 15.9. The van der Waals surface area contributed by atoms with E-state index in [-0.39, 0.29) is 11.7 Å². The lowest BCUT2D eigenvalue weighted by Crippen LogP contribution is -2.12. The lowest BCUT2D eigenvalue weighted by atomic mass is 10.1. The number of unbranched alkanes of at least 4 members (excludes halogenated alkanes) is 2. The molecule has 0 aliphatic carbocycles. The van der Waals surface area contributed by atoms with Gasteiger partial charge in [-0.25, -0.2) is 0 Å². The van der Waals surface area contributed by atoms with Crippen LogP contribution in [0.2, 0.25) is 5.02 Å². The predicted molar refractivity (Wildman–Crippen MR) is 90.7 cm³/mol. The highest BCUT2D eigenvalue weighted by atomic mass is 35.5. The minimum atomic E-state index is -0.266. The van der Waals surface area contributed by atoms with Gasteiger partial charge in [-0.3, -0.25) is 4.79 Å². The number of anilines is 1. The molecule has 0 atom stereocenters. The van der Waals surface area contributed by atoms with Crippen molar-refractivity contribution in [3.63, 3.8) is 0 Å². The average molecular weight is 318 g/mol. The second-order valence-corrected chi connectivity index (χ2v) is 5.71. The molecule has 0 heterocycles. The third-order valence-electron chi connectivity index (χ3n) is 3.49. The maximum absolute atomic E-state index is 12.2. The first-order chi connectivity index (χ1) is 10.6. The van der Waals surface area contributed by atoms with Crippen LogP contribution in [-0.4, -0.2) is 11.0 Å². The number of carbonyl (C=O) groups excluding carboxylic acids is 1. The predicted octanol–water partition coefficient (Wildman–Crippen LogP) is 5.03. The van der Waals surface area contributed by atoms with Gasteiger partial charge in [-0.1, -0.05) is 43.5 Å². The maximum atomic E-state index is 12.2. The van der Waals surface area contributed by atoms with Crippen LogP contribution in [0.3, 0.4) is 0 Å². The summed E-state index contributed by atoms with van der Waals surface area (Å²) in [5, 5.41) is 12.8. The van der Waals surface area contributed by atoms with Crippen LogP contribution in [0.15, 0.2) is 42.5 Å². The summed E-state index contributed by atoms with van der Waals surface area (Å²) in [7, 11) is 0. The summed E-state index contributed by atoms with van der Waals surface area (Å²) < 4.78 is 0. The fourth-order valence-electron chi connectivity index (χ4n) is 2.20. The Kier molecular flexibility index (Phi) is 5.84. The number of halogens is 1. The molecule has 2 N–H and O–H groups in total. The molecule has 0 bridgehead atoms. The molecule has 2 aromatic carbocycles. The van der Waals surface area contributed by atoms with Crippen molar-refractivity contribution in [1.29, 1.82) is 0 Å². The lowest BCUT2D eigenvalue weighted by Gasteiger charge is -2.08. The largest absolute Gasteiger partial charge is 0.506 e. The maximum Gasteiger partial charge on any atom is 0.255 e. The number of hydrogen-bond donors (Lipinski definition) is 2. The molecule has 0 spiro atoms. The Morgan fingerprint density at radius 3 is 2.55 bits per heavy atom. The summed E-state index contributed by atoms with van der Waals surface area (Å²) in [5.41, 5.74) is 2.10. The van der Waals surface area contributed by atoms with E-state index in [1.165, 1.54) is 37.0 Å². The van der Waals surface area contributed by atoms with E-state index in [2.05, 4.69) is 12.2 Å². The lowest BCUT2D eigenvalue weighted by molar-refractivity contribution is 0.102. The Balaban J connectivity index is 2.02. The van der Waals surface area contributed by atoms with Gasteiger partial charge in [0, 0.05) is 10.6 Å². The SMILES string of the molecule is CCCCCc1ccc(C(=O)Nc2cc(Cl)ccc2O)cc1. The van der Waals surface area contributed by atoms with Crippen LogP contribution in [0.4, 0.5) is 5.69 Å². The van der Waals surface area contributed by atoms with Crippen LogP contribution in [0.25, 0.3) is 0 Å². The second kappa shape index (κ2) is 7.85. The molecule has 0 aromatic heterocycles. The molecule has 0 aliphatic heterocycles. The summed E-state index contributed by atoms with van der Waals surface area (Å²) in [6.07, 6.45) is 4.61. The average Bonchev–Trinajstić information content (AvgIpc) is 2.52. The third kappa shape index (κ3) is 4.50. The smallest absolute Gasteiger partial charge is 0.255 e. The summed E-state index contributed by atoms with van der Waals surface area (Å²) in [4.78, 5) is 12.2. The van der Waals surface area contributed by atoms with Gasteiger partial charge in [-0.15, -0.1) is 0 Å². The number of aromatic hydroxyl groups is 1. The van der Waals surface area contributed by atoms with Crippen molar-refractivity contribution in [2.75, 3.05) is 5.32 Å². The number of rotatable bonds is 6. The fraction of sp³-hybridized carbons (Fsp3) is 0.278. The van der Waals surface area contributed by atoms with E-state index >= 15 is 0 Å². The quantitative estimate of drug-likeness (QED) is 0.580. The minimum Gasteiger partial charge on any atom is -0.506 e. The summed E-state index contributed by atoms with van der Waals surface area (Å²) in [5.74, 6) is -0.272. The van der Waals surface area contributed by atoms with Crippen molar-refractivity contribution in [3.8, 4) is 5.75 Å². The van der Waals surface area contributed by atoms with E-state index in [4.69, 9.17) is 11.6 Å². The van der Waals surface area contributed by atoms with Crippen molar-refractivity contribution >= 4 is 23.2 Å². The number of carbonyl (C=O) groups is 1. The molecular formula is C18H20ClNO2. The van der Waals surface area contributed by atoms with Gasteiger partial charge in [0.1, 0.15) is 5.75 Å². The van der Waals surface area contributed by atoms with Crippen molar-refractivity contribution in [2.45, 2.75) is 32.6 Å². The molecule has 2 aromatic rings. The number of hydrogen-bond acceptors (Lipinski definition) is 2. The monoisotopic (exact) mass is 317 g/mol. The van der Waals surface area contributed by atoms with Gasteiger partial charge >= 0.3 is 0 Å². The Bertz CT molecular complexity index is 638. The highest BCUT2D eigenvalue weighted by Crippen LogP contribution is 2.27. The first-order valence-corrected chi connectivity index (χ1v) is 7.86. The Labute approximate surface area is 135 Å². The van der Waals surface area contributed by atoms with E-state index in [0.29, 0.717) is 16.3 Å². The molecule has 0 aliphatic rings. The zero-order valence-corrected chi connectivity index (χ0v) is 13.4. The summed E-state index contributed by atoms with van der Waals surface area (Å²) >= 11 is 5.87. The van der Waals surface area contributed by atoms with Crippen LogP contribution in [0, 0.1) is 0 Å². The third-order valence-corrected chi connectivity index (χ3v) is 3.73. The number of nitrogens with one attached hydrogen (secondary N) is 1. The molecule has 0 saturated carbocycles. The van der Waals surface area contributed by atoms with E-state index in [1.807, 2.05) is 12.1 Å². The molecule has 0 saturated heterocycles. The highest BCUT2D eigenvalue weighted by Gasteiger charge is 2.09. The van der Waals surface area contributed by atoms with Crippen LogP contribution in [0.5, 0.6) is 5.75 Å². The molecule has 3 nitrogen and oxygen atoms in total. The van der Waals surface area contributed by atoms with Crippen molar-refractivity contribution < 1.29 is 9.90 Å². The van der Waals surface area contributed by atoms with Crippen LogP contribution in [-0.2, 0) is 6.42 Å². The number of aryl methyl sites for hydroxylation is 1. The number of benzene rings is 2. The molecule has 4 heteroatoms. The van der Waals surface area contributed by atoms with Crippen LogP contribution >= 0.6 is 11.6 Å². The van der Waals surface area contributed by atoms with Crippen molar-refractivity contribution in [1.82, 2.24) is 0 Å². The van der Waals surface area contributed by atoms with E-state index < -0.39 is 0 Å². The minimum absolute atomic E-state index is 0.00562. The highest BCUT2D eigenvalue weighted by molar-refractivity contribution is 6.31. The first-order valence-electron chi connectivity index (χ1n) is 7.49. The van der Waals surface area contributed by atoms with Crippen LogP contribution in [0.1, 0.15) is 42.1 Å². The van der Waals surface area contributed by atoms with Crippen molar-refractivity contribution in [2.24, 2.45) is 0 Å². The first kappa shape index (κ1) is 16.4. The normalized spacial score (nSPS) is 10.5. The van der Waals surface area contributed by atoms with Gasteiger partial charge in [0.2, 0.25) is 0 Å². The van der Waals surface area contributed by atoms with E-state index in [9.17, 15) is 9.90 Å². The second-order valence-electron chi connectivity index (χ2n) is 5.27. The standard InChI is InChI=1S/C18H20ClNO2/c1-2-3-4-5-13-6-8-14(9-7-13)18(22)20-16-12-15(19)10-11-17(16)21/h6-12,21H,2-5H2,1H3,(H,20,22). The summed E-state index contributed by atoms with van der Waals surface area (Å²) in [6.45, 7) is 2.18. The molecule has 1 amide bonds. The molecule has 0 radical (unpaired) electrons. The molecule has 0 unspecified atom stereocenters. The molecule has 116 valence electrons.